The third kappa shape index (κ3) is 3.32. The van der Waals surface area contributed by atoms with Gasteiger partial charge in [0.05, 0.1) is 0 Å². The van der Waals surface area contributed by atoms with Crippen LogP contribution in [-0.2, 0) is 10.0 Å². The molecule has 1 aromatic carbocycles. The van der Waals surface area contributed by atoms with Crippen molar-refractivity contribution in [2.24, 2.45) is 5.92 Å². The van der Waals surface area contributed by atoms with Crippen molar-refractivity contribution >= 4 is 26.0 Å². The zero-order chi connectivity index (χ0) is 14.2. The smallest absolute Gasteiger partial charge is 0.208 e. The molecule has 1 N–H and O–H groups in total. The van der Waals surface area contributed by atoms with Crippen LogP contribution >= 0.6 is 15.9 Å². The van der Waals surface area contributed by atoms with Gasteiger partial charge in [-0.3, -0.25) is 0 Å². The van der Waals surface area contributed by atoms with Crippen molar-refractivity contribution in [2.75, 3.05) is 0 Å². The van der Waals surface area contributed by atoms with Gasteiger partial charge < -0.3 is 0 Å². The quantitative estimate of drug-likeness (QED) is 0.883. The highest BCUT2D eigenvalue weighted by Gasteiger charge is 2.40. The Morgan fingerprint density at radius 2 is 2.11 bits per heavy atom. The minimum atomic E-state index is -3.96. The third-order valence-electron chi connectivity index (χ3n) is 3.12. The molecule has 1 aliphatic rings. The van der Waals surface area contributed by atoms with Crippen LogP contribution in [0.3, 0.4) is 0 Å². The van der Waals surface area contributed by atoms with Crippen molar-refractivity contribution in [3.63, 3.8) is 0 Å². The summed E-state index contributed by atoms with van der Waals surface area (Å²) >= 11 is 2.89. The molecule has 2 rings (SSSR count). The van der Waals surface area contributed by atoms with E-state index in [-0.39, 0.29) is 10.5 Å². The van der Waals surface area contributed by atoms with E-state index in [4.69, 9.17) is 0 Å². The van der Waals surface area contributed by atoms with Gasteiger partial charge in [0.25, 0.3) is 0 Å². The van der Waals surface area contributed by atoms with Crippen LogP contribution in [0.4, 0.5) is 8.78 Å². The predicted octanol–water partition coefficient (Wildman–Crippen LogP) is 3.19. The van der Waals surface area contributed by atoms with Gasteiger partial charge in [-0.15, -0.1) is 0 Å². The van der Waals surface area contributed by atoms with Crippen LogP contribution in [0.1, 0.15) is 26.2 Å². The second kappa shape index (κ2) is 5.46. The molecular weight excluding hydrogens is 340 g/mol. The molecule has 7 heteroatoms. The lowest BCUT2D eigenvalue weighted by Crippen LogP contribution is -2.28. The first-order valence-electron chi connectivity index (χ1n) is 6.02. The van der Waals surface area contributed by atoms with Crippen molar-refractivity contribution in [2.45, 2.75) is 37.1 Å². The molecule has 106 valence electrons. The normalized spacial score (nSPS) is 22.5. The molecule has 2 unspecified atom stereocenters. The van der Waals surface area contributed by atoms with Crippen molar-refractivity contribution in [1.82, 2.24) is 4.72 Å². The molecule has 1 aromatic rings. The lowest BCUT2D eigenvalue weighted by molar-refractivity contribution is 0.538. The fourth-order valence-electron chi connectivity index (χ4n) is 2.13. The van der Waals surface area contributed by atoms with E-state index in [1.54, 1.807) is 0 Å². The van der Waals surface area contributed by atoms with E-state index in [1.807, 2.05) is 6.92 Å². The number of sulfonamides is 1. The van der Waals surface area contributed by atoms with Gasteiger partial charge in [0.1, 0.15) is 16.5 Å². The summed E-state index contributed by atoms with van der Waals surface area (Å²) in [6.45, 7) is 2.03. The maximum atomic E-state index is 13.6. The molecule has 1 saturated carbocycles. The van der Waals surface area contributed by atoms with Crippen molar-refractivity contribution in [3.8, 4) is 0 Å². The van der Waals surface area contributed by atoms with Gasteiger partial charge in [-0.05, 0) is 40.8 Å². The molecule has 0 heterocycles. The molecular formula is C12H14BrF2NO2S. The van der Waals surface area contributed by atoms with E-state index in [1.165, 1.54) is 0 Å². The Morgan fingerprint density at radius 1 is 1.42 bits per heavy atom. The van der Waals surface area contributed by atoms with Gasteiger partial charge in [-0.25, -0.2) is 21.9 Å². The van der Waals surface area contributed by atoms with Crippen molar-refractivity contribution < 1.29 is 17.2 Å². The zero-order valence-electron chi connectivity index (χ0n) is 10.3. The topological polar surface area (TPSA) is 46.2 Å². The molecule has 19 heavy (non-hydrogen) atoms. The molecule has 0 aliphatic heterocycles. The average Bonchev–Trinajstić information content (AvgIpc) is 2.93. The molecule has 0 radical (unpaired) electrons. The van der Waals surface area contributed by atoms with Crippen LogP contribution in [0, 0.1) is 17.6 Å². The summed E-state index contributed by atoms with van der Waals surface area (Å²) in [5.74, 6) is -1.59. The molecule has 0 bridgehead atoms. The zero-order valence-corrected chi connectivity index (χ0v) is 12.7. The largest absolute Gasteiger partial charge is 0.244 e. The van der Waals surface area contributed by atoms with E-state index in [0.717, 1.165) is 25.3 Å². The van der Waals surface area contributed by atoms with Crippen LogP contribution in [0.2, 0.25) is 0 Å². The predicted molar refractivity (Wildman–Crippen MR) is 71.2 cm³/mol. The van der Waals surface area contributed by atoms with Crippen LogP contribution in [-0.4, -0.2) is 14.5 Å². The van der Waals surface area contributed by atoms with Crippen LogP contribution < -0.4 is 4.72 Å². The Bertz CT molecular complexity index is 568. The van der Waals surface area contributed by atoms with E-state index >= 15 is 0 Å². The summed E-state index contributed by atoms with van der Waals surface area (Å²) in [6, 6.07) is 1.37. The Labute approximate surface area is 119 Å². The van der Waals surface area contributed by atoms with E-state index in [2.05, 4.69) is 20.7 Å². The lowest BCUT2D eigenvalue weighted by atomic mass is 10.2. The molecule has 0 spiro atoms. The first-order valence-corrected chi connectivity index (χ1v) is 8.29. The summed E-state index contributed by atoms with van der Waals surface area (Å²) in [5.41, 5.74) is 0. The molecule has 0 amide bonds. The highest BCUT2D eigenvalue weighted by molar-refractivity contribution is 9.10. The van der Waals surface area contributed by atoms with Crippen LogP contribution in [0.25, 0.3) is 0 Å². The SMILES string of the molecule is CCCC1CC1NS(=O)(=O)c1c(F)cc(F)cc1Br. The average molecular weight is 354 g/mol. The molecule has 1 aliphatic carbocycles. The first-order chi connectivity index (χ1) is 8.85. The summed E-state index contributed by atoms with van der Waals surface area (Å²) in [5, 5.41) is 0. The Balaban J connectivity index is 2.21. The highest BCUT2D eigenvalue weighted by atomic mass is 79.9. The van der Waals surface area contributed by atoms with Gasteiger partial charge in [-0.1, -0.05) is 13.3 Å². The molecule has 1 fully saturated rings. The standard InChI is InChI=1S/C12H14BrF2NO2S/c1-2-3-7-4-11(7)16-19(17,18)12-9(13)5-8(14)6-10(12)15/h5-7,11,16H,2-4H2,1H3. The fourth-order valence-corrected chi connectivity index (χ4v) is 4.61. The van der Waals surface area contributed by atoms with Crippen molar-refractivity contribution in [3.05, 3.63) is 28.2 Å². The van der Waals surface area contributed by atoms with Gasteiger partial charge in [0, 0.05) is 16.6 Å². The summed E-state index contributed by atoms with van der Waals surface area (Å²) < 4.78 is 53.1. The highest BCUT2D eigenvalue weighted by Crippen LogP contribution is 2.36. The Morgan fingerprint density at radius 3 is 2.68 bits per heavy atom. The van der Waals surface area contributed by atoms with Gasteiger partial charge in [-0.2, -0.15) is 0 Å². The maximum Gasteiger partial charge on any atom is 0.244 e. The minimum Gasteiger partial charge on any atom is -0.208 e. The van der Waals surface area contributed by atoms with Gasteiger partial charge >= 0.3 is 0 Å². The van der Waals surface area contributed by atoms with Gasteiger partial charge in [0.15, 0.2) is 0 Å². The first kappa shape index (κ1) is 14.9. The van der Waals surface area contributed by atoms with Crippen LogP contribution in [0.15, 0.2) is 21.5 Å². The Kier molecular flexibility index (Phi) is 4.27. The molecule has 2 atom stereocenters. The van der Waals surface area contributed by atoms with E-state index in [0.29, 0.717) is 12.0 Å². The number of benzene rings is 1. The van der Waals surface area contributed by atoms with E-state index in [9.17, 15) is 17.2 Å². The summed E-state index contributed by atoms with van der Waals surface area (Å²) in [6.07, 6.45) is 2.70. The van der Waals surface area contributed by atoms with E-state index < -0.39 is 26.6 Å². The summed E-state index contributed by atoms with van der Waals surface area (Å²) in [7, 11) is -3.96. The number of hydrogen-bond donors (Lipinski definition) is 1. The number of halogens is 3. The van der Waals surface area contributed by atoms with Crippen molar-refractivity contribution in [1.29, 1.82) is 0 Å². The lowest BCUT2D eigenvalue weighted by Gasteiger charge is -2.09. The van der Waals surface area contributed by atoms with Gasteiger partial charge in [0.2, 0.25) is 10.0 Å². The number of rotatable bonds is 5. The maximum absolute atomic E-state index is 13.6. The number of nitrogens with one attached hydrogen (secondary N) is 1. The molecule has 0 aromatic heterocycles. The second-order valence-corrected chi connectivity index (χ2v) is 7.22. The molecule has 0 saturated heterocycles. The second-order valence-electron chi connectivity index (χ2n) is 4.71. The third-order valence-corrected chi connectivity index (χ3v) is 5.57. The summed E-state index contributed by atoms with van der Waals surface area (Å²) in [4.78, 5) is -0.531. The minimum absolute atomic E-state index is 0.106. The monoisotopic (exact) mass is 353 g/mol. The number of hydrogen-bond acceptors (Lipinski definition) is 2. The fraction of sp³-hybridized carbons (Fsp3) is 0.500. The molecule has 3 nitrogen and oxygen atoms in total. The Hall–Kier alpha value is -0.530. The van der Waals surface area contributed by atoms with Crippen LogP contribution in [0.5, 0.6) is 0 Å².